The molecule has 1 atom stereocenters. The molecule has 2 aromatic rings. The van der Waals surface area contributed by atoms with Crippen LogP contribution in [0.3, 0.4) is 0 Å². The predicted molar refractivity (Wildman–Crippen MR) is 69.8 cm³/mol. The molecule has 0 saturated carbocycles. The van der Waals surface area contributed by atoms with Crippen LogP contribution in [0.4, 0.5) is 0 Å². The maximum atomic E-state index is 5.78. The van der Waals surface area contributed by atoms with Crippen molar-refractivity contribution in [2.45, 2.75) is 6.04 Å². The van der Waals surface area contributed by atoms with E-state index in [0.29, 0.717) is 6.61 Å². The van der Waals surface area contributed by atoms with Gasteiger partial charge in [0.05, 0.1) is 24.8 Å². The highest BCUT2D eigenvalue weighted by molar-refractivity contribution is 5.79. The molecule has 1 aromatic carbocycles. The van der Waals surface area contributed by atoms with E-state index in [-0.39, 0.29) is 6.04 Å². The van der Waals surface area contributed by atoms with Crippen molar-refractivity contribution in [2.24, 2.45) is 0 Å². The summed E-state index contributed by atoms with van der Waals surface area (Å²) in [7, 11) is 0. The minimum Gasteiger partial charge on any atom is -0.492 e. The van der Waals surface area contributed by atoms with Crippen LogP contribution in [-0.4, -0.2) is 37.4 Å². The molecule has 0 radical (unpaired) electrons. The van der Waals surface area contributed by atoms with Gasteiger partial charge in [-0.1, -0.05) is 6.07 Å². The minimum absolute atomic E-state index is 0.281. The molecule has 1 saturated heterocycles. The van der Waals surface area contributed by atoms with E-state index >= 15 is 0 Å². The average Bonchev–Trinajstić information content (AvgIpc) is 2.46. The lowest BCUT2D eigenvalue weighted by atomic mass is 10.2. The molecule has 2 heterocycles. The third-order valence-corrected chi connectivity index (χ3v) is 3.02. The molecule has 3 rings (SSSR count). The first-order valence-electron chi connectivity index (χ1n) is 6.20. The summed E-state index contributed by atoms with van der Waals surface area (Å²) < 4.78 is 11.2. The van der Waals surface area contributed by atoms with Gasteiger partial charge in [0, 0.05) is 18.1 Å². The molecule has 1 fully saturated rings. The van der Waals surface area contributed by atoms with Gasteiger partial charge in [0.2, 0.25) is 0 Å². The summed E-state index contributed by atoms with van der Waals surface area (Å²) in [5.41, 5.74) is 0.990. The molecule has 1 N–H and O–H groups in total. The molecule has 1 unspecified atom stereocenters. The highest BCUT2D eigenvalue weighted by atomic mass is 16.5. The maximum Gasteiger partial charge on any atom is 0.120 e. The van der Waals surface area contributed by atoms with E-state index in [0.717, 1.165) is 36.4 Å². The average molecular weight is 244 g/mol. The largest absolute Gasteiger partial charge is 0.492 e. The van der Waals surface area contributed by atoms with Gasteiger partial charge in [-0.2, -0.15) is 0 Å². The number of ether oxygens (including phenoxy) is 2. The number of nitrogens with one attached hydrogen (secondary N) is 1. The van der Waals surface area contributed by atoms with Crippen LogP contribution in [0.15, 0.2) is 36.5 Å². The second-order valence-corrected chi connectivity index (χ2v) is 4.39. The number of fused-ring (bicyclic) bond motifs is 1. The lowest BCUT2D eigenvalue weighted by Crippen LogP contribution is -2.44. The minimum atomic E-state index is 0.281. The van der Waals surface area contributed by atoms with Gasteiger partial charge in [0.25, 0.3) is 0 Å². The van der Waals surface area contributed by atoms with Crippen molar-refractivity contribution in [1.29, 1.82) is 0 Å². The molecule has 0 bridgehead atoms. The van der Waals surface area contributed by atoms with E-state index in [1.807, 2.05) is 30.3 Å². The van der Waals surface area contributed by atoms with Crippen molar-refractivity contribution in [3.8, 4) is 5.75 Å². The van der Waals surface area contributed by atoms with Crippen LogP contribution in [0, 0.1) is 0 Å². The van der Waals surface area contributed by atoms with E-state index < -0.39 is 0 Å². The number of morpholine rings is 1. The maximum absolute atomic E-state index is 5.78. The molecule has 0 amide bonds. The Morgan fingerprint density at radius 3 is 3.28 bits per heavy atom. The number of nitrogens with zero attached hydrogens (tertiary/aromatic N) is 1. The molecule has 18 heavy (non-hydrogen) atoms. The van der Waals surface area contributed by atoms with Gasteiger partial charge in [-0.3, -0.25) is 4.98 Å². The Hall–Kier alpha value is -1.65. The van der Waals surface area contributed by atoms with Crippen molar-refractivity contribution in [3.05, 3.63) is 36.5 Å². The van der Waals surface area contributed by atoms with Gasteiger partial charge in [0.1, 0.15) is 12.4 Å². The van der Waals surface area contributed by atoms with Crippen LogP contribution in [0.25, 0.3) is 10.9 Å². The summed E-state index contributed by atoms with van der Waals surface area (Å²) in [6, 6.07) is 10.2. The normalized spacial score (nSPS) is 19.9. The standard InChI is InChI=1S/C14H16N2O2/c1-2-11-8-13(3-4-14(11)16-5-1)18-10-12-9-17-7-6-15-12/h1-5,8,12,15H,6-7,9-10H2. The van der Waals surface area contributed by atoms with Crippen LogP contribution in [0.2, 0.25) is 0 Å². The third kappa shape index (κ3) is 2.60. The molecule has 94 valence electrons. The van der Waals surface area contributed by atoms with Gasteiger partial charge in [-0.15, -0.1) is 0 Å². The van der Waals surface area contributed by atoms with Gasteiger partial charge < -0.3 is 14.8 Å². The number of hydrogen-bond acceptors (Lipinski definition) is 4. The molecule has 0 spiro atoms. The first-order chi connectivity index (χ1) is 8.92. The summed E-state index contributed by atoms with van der Waals surface area (Å²) in [6.07, 6.45) is 1.80. The predicted octanol–water partition coefficient (Wildman–Crippen LogP) is 1.60. The Kier molecular flexibility index (Phi) is 3.39. The number of hydrogen-bond donors (Lipinski definition) is 1. The van der Waals surface area contributed by atoms with E-state index in [9.17, 15) is 0 Å². The van der Waals surface area contributed by atoms with E-state index in [1.165, 1.54) is 0 Å². The molecule has 1 aromatic heterocycles. The fraction of sp³-hybridized carbons (Fsp3) is 0.357. The fourth-order valence-corrected chi connectivity index (χ4v) is 2.07. The second-order valence-electron chi connectivity index (χ2n) is 4.39. The molecular formula is C14H16N2O2. The number of aromatic nitrogens is 1. The zero-order valence-corrected chi connectivity index (χ0v) is 10.1. The Morgan fingerprint density at radius 2 is 2.39 bits per heavy atom. The van der Waals surface area contributed by atoms with Gasteiger partial charge >= 0.3 is 0 Å². The summed E-state index contributed by atoms with van der Waals surface area (Å²) in [5.74, 6) is 0.878. The Bertz CT molecular complexity index is 524. The SMILES string of the molecule is c1cnc2ccc(OCC3COCCN3)cc2c1. The topological polar surface area (TPSA) is 43.4 Å². The van der Waals surface area contributed by atoms with Crippen LogP contribution in [-0.2, 0) is 4.74 Å². The number of pyridine rings is 1. The van der Waals surface area contributed by atoms with Gasteiger partial charge in [-0.25, -0.2) is 0 Å². The van der Waals surface area contributed by atoms with Crippen LogP contribution < -0.4 is 10.1 Å². The van der Waals surface area contributed by atoms with Gasteiger partial charge in [-0.05, 0) is 24.3 Å². The fourth-order valence-electron chi connectivity index (χ4n) is 2.07. The van der Waals surface area contributed by atoms with Gasteiger partial charge in [0.15, 0.2) is 0 Å². The number of benzene rings is 1. The summed E-state index contributed by atoms with van der Waals surface area (Å²) in [6.45, 7) is 3.04. The van der Waals surface area contributed by atoms with Crippen molar-refractivity contribution in [1.82, 2.24) is 10.3 Å². The first-order valence-corrected chi connectivity index (χ1v) is 6.20. The summed E-state index contributed by atoms with van der Waals surface area (Å²) in [4.78, 5) is 4.28. The lowest BCUT2D eigenvalue weighted by Gasteiger charge is -2.23. The van der Waals surface area contributed by atoms with Crippen molar-refractivity contribution < 1.29 is 9.47 Å². The summed E-state index contributed by atoms with van der Waals surface area (Å²) >= 11 is 0. The van der Waals surface area contributed by atoms with Crippen molar-refractivity contribution in [3.63, 3.8) is 0 Å². The summed E-state index contributed by atoms with van der Waals surface area (Å²) in [5, 5.41) is 4.46. The second kappa shape index (κ2) is 5.33. The van der Waals surface area contributed by atoms with E-state index in [1.54, 1.807) is 6.20 Å². The van der Waals surface area contributed by atoms with Crippen LogP contribution in [0.5, 0.6) is 5.75 Å². The molecule has 0 aliphatic carbocycles. The molecule has 1 aliphatic heterocycles. The van der Waals surface area contributed by atoms with Crippen molar-refractivity contribution in [2.75, 3.05) is 26.4 Å². The van der Waals surface area contributed by atoms with Crippen LogP contribution >= 0.6 is 0 Å². The molecule has 4 heteroatoms. The highest BCUT2D eigenvalue weighted by Gasteiger charge is 2.13. The number of rotatable bonds is 3. The zero-order valence-electron chi connectivity index (χ0n) is 10.1. The van der Waals surface area contributed by atoms with E-state index in [4.69, 9.17) is 9.47 Å². The first kappa shape index (κ1) is 11.4. The Balaban J connectivity index is 1.66. The smallest absolute Gasteiger partial charge is 0.120 e. The lowest BCUT2D eigenvalue weighted by molar-refractivity contribution is 0.0593. The molecule has 4 nitrogen and oxygen atoms in total. The monoisotopic (exact) mass is 244 g/mol. The Labute approximate surface area is 106 Å². The quantitative estimate of drug-likeness (QED) is 0.890. The highest BCUT2D eigenvalue weighted by Crippen LogP contribution is 2.19. The zero-order chi connectivity index (χ0) is 12.2. The molecular weight excluding hydrogens is 228 g/mol. The van der Waals surface area contributed by atoms with Crippen LogP contribution in [0.1, 0.15) is 0 Å². The van der Waals surface area contributed by atoms with E-state index in [2.05, 4.69) is 10.3 Å². The van der Waals surface area contributed by atoms with Crippen molar-refractivity contribution >= 4 is 10.9 Å². The third-order valence-electron chi connectivity index (χ3n) is 3.02. The Morgan fingerprint density at radius 1 is 1.39 bits per heavy atom. The molecule has 1 aliphatic rings.